The number of nitrogens with one attached hydrogen (secondary N) is 1. The second-order valence-corrected chi connectivity index (χ2v) is 4.30. The molecule has 1 rings (SSSR count). The number of aliphatic hydroxyl groups excluding tert-OH is 1. The fourth-order valence-electron chi connectivity index (χ4n) is 1.59. The summed E-state index contributed by atoms with van der Waals surface area (Å²) < 4.78 is 18.6. The number of aliphatic hydroxyl groups is 1. The Balaban J connectivity index is 2.86. The van der Waals surface area contributed by atoms with E-state index in [9.17, 15) is 9.18 Å². The van der Waals surface area contributed by atoms with Crippen molar-refractivity contribution in [2.75, 3.05) is 20.3 Å². The Hall–Kier alpha value is -1.90. The Labute approximate surface area is 117 Å². The molecule has 0 aliphatic rings. The van der Waals surface area contributed by atoms with Gasteiger partial charge in [0.15, 0.2) is 0 Å². The van der Waals surface area contributed by atoms with E-state index in [-0.39, 0.29) is 18.2 Å². The summed E-state index contributed by atoms with van der Waals surface area (Å²) in [5.74, 6) is 4.39. The smallest absolute Gasteiger partial charge is 0.254 e. The summed E-state index contributed by atoms with van der Waals surface area (Å²) in [7, 11) is 1.53. The van der Waals surface area contributed by atoms with Crippen LogP contribution in [0.1, 0.15) is 29.3 Å². The molecule has 2 N–H and O–H groups in total. The van der Waals surface area contributed by atoms with E-state index in [4.69, 9.17) is 9.84 Å². The van der Waals surface area contributed by atoms with Crippen molar-refractivity contribution < 1.29 is 19.0 Å². The Bertz CT molecular complexity index is 520. The Morgan fingerprint density at radius 1 is 1.55 bits per heavy atom. The van der Waals surface area contributed by atoms with Crippen molar-refractivity contribution in [3.63, 3.8) is 0 Å². The summed E-state index contributed by atoms with van der Waals surface area (Å²) in [6.45, 7) is 2.09. The van der Waals surface area contributed by atoms with E-state index < -0.39 is 11.7 Å². The van der Waals surface area contributed by atoms with Gasteiger partial charge in [0.25, 0.3) is 5.91 Å². The minimum atomic E-state index is -0.597. The molecule has 0 fully saturated rings. The van der Waals surface area contributed by atoms with Gasteiger partial charge in [-0.1, -0.05) is 11.8 Å². The number of carbonyl (C=O) groups excluding carboxylic acids is 1. The number of hydrogen-bond acceptors (Lipinski definition) is 3. The first-order valence-corrected chi connectivity index (χ1v) is 6.27. The molecule has 1 amide bonds. The Kier molecular flexibility index (Phi) is 6.71. The highest BCUT2D eigenvalue weighted by Gasteiger charge is 2.14. The third-order valence-corrected chi connectivity index (χ3v) is 2.47. The summed E-state index contributed by atoms with van der Waals surface area (Å²) >= 11 is 0. The van der Waals surface area contributed by atoms with Gasteiger partial charge in [0.1, 0.15) is 5.82 Å². The largest absolute Gasteiger partial charge is 0.395 e. The summed E-state index contributed by atoms with van der Waals surface area (Å²) in [6, 6.07) is 3.89. The second kappa shape index (κ2) is 8.31. The highest BCUT2D eigenvalue weighted by molar-refractivity contribution is 5.95. The minimum absolute atomic E-state index is 0.0317. The van der Waals surface area contributed by atoms with Gasteiger partial charge in [-0.25, -0.2) is 4.39 Å². The van der Waals surface area contributed by atoms with E-state index in [2.05, 4.69) is 17.2 Å². The van der Waals surface area contributed by atoms with Gasteiger partial charge in [0.2, 0.25) is 0 Å². The van der Waals surface area contributed by atoms with Crippen LogP contribution in [0.15, 0.2) is 18.2 Å². The highest BCUT2D eigenvalue weighted by Crippen LogP contribution is 2.10. The van der Waals surface area contributed by atoms with Crippen LogP contribution in [0.3, 0.4) is 0 Å². The molecule has 1 aromatic rings. The predicted octanol–water partition coefficient (Wildman–Crippen LogP) is 1.32. The van der Waals surface area contributed by atoms with Gasteiger partial charge in [-0.2, -0.15) is 0 Å². The number of amides is 1. The van der Waals surface area contributed by atoms with E-state index in [1.165, 1.54) is 25.3 Å². The number of benzene rings is 1. The summed E-state index contributed by atoms with van der Waals surface area (Å²) in [5, 5.41) is 11.3. The molecule has 0 saturated carbocycles. The molecule has 1 aromatic carbocycles. The lowest BCUT2D eigenvalue weighted by atomic mass is 10.1. The van der Waals surface area contributed by atoms with E-state index in [1.807, 2.05) is 0 Å². The first-order valence-electron chi connectivity index (χ1n) is 6.27. The lowest BCUT2D eigenvalue weighted by Crippen LogP contribution is -2.36. The summed E-state index contributed by atoms with van der Waals surface area (Å²) in [4.78, 5) is 11.9. The third-order valence-electron chi connectivity index (χ3n) is 2.47. The molecule has 0 heterocycles. The SMILES string of the molecule is COCC(C)NC(=O)c1cc(C#CCCO)ccc1F. The molecular weight excluding hydrogens is 261 g/mol. The molecular formula is C15H18FNO3. The maximum absolute atomic E-state index is 13.7. The van der Waals surface area contributed by atoms with Crippen LogP contribution < -0.4 is 5.32 Å². The van der Waals surface area contributed by atoms with E-state index >= 15 is 0 Å². The van der Waals surface area contributed by atoms with Crippen LogP contribution in [0.25, 0.3) is 0 Å². The van der Waals surface area contributed by atoms with Crippen molar-refractivity contribution >= 4 is 5.91 Å². The Morgan fingerprint density at radius 2 is 2.30 bits per heavy atom. The zero-order valence-corrected chi connectivity index (χ0v) is 11.6. The van der Waals surface area contributed by atoms with Crippen LogP contribution >= 0.6 is 0 Å². The molecule has 0 spiro atoms. The number of methoxy groups -OCH3 is 1. The predicted molar refractivity (Wildman–Crippen MR) is 73.8 cm³/mol. The molecule has 0 bridgehead atoms. The maximum Gasteiger partial charge on any atom is 0.254 e. The number of ether oxygens (including phenoxy) is 1. The van der Waals surface area contributed by atoms with Gasteiger partial charge in [-0.05, 0) is 25.1 Å². The molecule has 20 heavy (non-hydrogen) atoms. The van der Waals surface area contributed by atoms with Crippen LogP contribution in [0.2, 0.25) is 0 Å². The Morgan fingerprint density at radius 3 is 2.95 bits per heavy atom. The van der Waals surface area contributed by atoms with Gasteiger partial charge in [0, 0.05) is 25.1 Å². The molecule has 0 aliphatic carbocycles. The molecule has 0 aliphatic heterocycles. The maximum atomic E-state index is 13.7. The normalized spacial score (nSPS) is 11.4. The van der Waals surface area contributed by atoms with Crippen molar-refractivity contribution in [2.45, 2.75) is 19.4 Å². The summed E-state index contributed by atoms with van der Waals surface area (Å²) in [5.41, 5.74) is 0.480. The topological polar surface area (TPSA) is 58.6 Å². The summed E-state index contributed by atoms with van der Waals surface area (Å²) in [6.07, 6.45) is 0.337. The zero-order chi connectivity index (χ0) is 15.0. The number of hydrogen-bond donors (Lipinski definition) is 2. The molecule has 1 atom stereocenters. The standard InChI is InChI=1S/C15H18FNO3/c1-11(10-20-2)17-15(19)13-9-12(5-3-4-8-18)6-7-14(13)16/h6-7,9,11,18H,4,8,10H2,1-2H3,(H,17,19). The van der Waals surface area contributed by atoms with Crippen molar-refractivity contribution in [3.8, 4) is 11.8 Å². The van der Waals surface area contributed by atoms with Crippen LogP contribution in [-0.4, -0.2) is 37.4 Å². The first kappa shape index (κ1) is 16.2. The number of rotatable bonds is 5. The molecule has 0 aromatic heterocycles. The van der Waals surface area contributed by atoms with Gasteiger partial charge in [-0.15, -0.1) is 0 Å². The molecule has 4 nitrogen and oxygen atoms in total. The third kappa shape index (κ3) is 5.00. The average molecular weight is 279 g/mol. The highest BCUT2D eigenvalue weighted by atomic mass is 19.1. The van der Waals surface area contributed by atoms with Crippen LogP contribution in [0.4, 0.5) is 4.39 Å². The van der Waals surface area contributed by atoms with Crippen molar-refractivity contribution in [2.24, 2.45) is 0 Å². The average Bonchev–Trinajstić information content (AvgIpc) is 2.41. The lowest BCUT2D eigenvalue weighted by molar-refractivity contribution is 0.0901. The monoisotopic (exact) mass is 279 g/mol. The van der Waals surface area contributed by atoms with Crippen molar-refractivity contribution in [3.05, 3.63) is 35.1 Å². The molecule has 108 valence electrons. The second-order valence-electron chi connectivity index (χ2n) is 4.30. The van der Waals surface area contributed by atoms with Gasteiger partial charge in [-0.3, -0.25) is 4.79 Å². The van der Waals surface area contributed by atoms with E-state index in [0.29, 0.717) is 18.6 Å². The minimum Gasteiger partial charge on any atom is -0.395 e. The fraction of sp³-hybridized carbons (Fsp3) is 0.400. The van der Waals surface area contributed by atoms with Gasteiger partial charge < -0.3 is 15.2 Å². The molecule has 0 radical (unpaired) electrons. The first-order chi connectivity index (χ1) is 9.58. The van der Waals surface area contributed by atoms with E-state index in [0.717, 1.165) is 0 Å². The van der Waals surface area contributed by atoms with Crippen LogP contribution in [0, 0.1) is 17.7 Å². The number of halogens is 1. The lowest BCUT2D eigenvalue weighted by Gasteiger charge is -2.13. The van der Waals surface area contributed by atoms with Crippen molar-refractivity contribution in [1.29, 1.82) is 0 Å². The van der Waals surface area contributed by atoms with Gasteiger partial charge >= 0.3 is 0 Å². The van der Waals surface area contributed by atoms with E-state index in [1.54, 1.807) is 6.92 Å². The van der Waals surface area contributed by atoms with Crippen LogP contribution in [-0.2, 0) is 4.74 Å². The quantitative estimate of drug-likeness (QED) is 0.799. The number of carbonyl (C=O) groups is 1. The molecule has 0 saturated heterocycles. The fourth-order valence-corrected chi connectivity index (χ4v) is 1.59. The molecule has 1 unspecified atom stereocenters. The van der Waals surface area contributed by atoms with Gasteiger partial charge in [0.05, 0.1) is 18.8 Å². The van der Waals surface area contributed by atoms with Crippen LogP contribution in [0.5, 0.6) is 0 Å². The zero-order valence-electron chi connectivity index (χ0n) is 11.6. The molecule has 5 heteroatoms. The van der Waals surface area contributed by atoms with Crippen molar-refractivity contribution in [1.82, 2.24) is 5.32 Å².